The van der Waals surface area contributed by atoms with Crippen molar-refractivity contribution in [2.24, 2.45) is 0 Å². The zero-order valence-corrected chi connectivity index (χ0v) is 12.3. The van der Waals surface area contributed by atoms with Crippen molar-refractivity contribution in [3.05, 3.63) is 0 Å². The van der Waals surface area contributed by atoms with Gasteiger partial charge in [0, 0.05) is 12.1 Å². The molecule has 6 heteroatoms. The number of carbonyl (C=O) groups excluding carboxylic acids is 1. The van der Waals surface area contributed by atoms with E-state index in [9.17, 15) is 18.0 Å². The maximum Gasteiger partial charge on any atom is 0.422 e. The number of hydrogen-bond donors (Lipinski definition) is 0. The Labute approximate surface area is 123 Å². The Hall–Kier alpha value is -0.940. The Morgan fingerprint density at radius 1 is 0.905 bits per heavy atom. The van der Waals surface area contributed by atoms with Crippen LogP contribution in [0, 0.1) is 0 Å². The highest BCUT2D eigenvalue weighted by molar-refractivity contribution is 5.68. The van der Waals surface area contributed by atoms with E-state index in [0.717, 1.165) is 64.2 Å². The molecule has 0 spiro atoms. The summed E-state index contributed by atoms with van der Waals surface area (Å²) in [5, 5.41) is 0. The largest absolute Gasteiger partial charge is 0.440 e. The molecule has 21 heavy (non-hydrogen) atoms. The minimum absolute atomic E-state index is 0.0579. The fourth-order valence-electron chi connectivity index (χ4n) is 3.53. The summed E-state index contributed by atoms with van der Waals surface area (Å²) in [6.07, 6.45) is 4.78. The lowest BCUT2D eigenvalue weighted by molar-refractivity contribution is -0.163. The van der Waals surface area contributed by atoms with Crippen LogP contribution in [0.3, 0.4) is 0 Å². The molecule has 0 aromatic carbocycles. The van der Waals surface area contributed by atoms with Gasteiger partial charge in [-0.1, -0.05) is 38.5 Å². The molecule has 0 aromatic rings. The molecule has 0 radical (unpaired) electrons. The molecule has 122 valence electrons. The smallest absolute Gasteiger partial charge is 0.422 e. The number of carbonyl (C=O) groups is 1. The summed E-state index contributed by atoms with van der Waals surface area (Å²) >= 11 is 0. The average Bonchev–Trinajstić information content (AvgIpc) is 2.47. The van der Waals surface area contributed by atoms with Crippen LogP contribution in [0.2, 0.25) is 0 Å². The lowest BCUT2D eigenvalue weighted by Crippen LogP contribution is -2.49. The van der Waals surface area contributed by atoms with Crippen molar-refractivity contribution in [2.75, 3.05) is 6.61 Å². The van der Waals surface area contributed by atoms with Gasteiger partial charge in [-0.05, 0) is 25.7 Å². The Bertz CT molecular complexity index is 316. The first-order chi connectivity index (χ1) is 9.97. The van der Waals surface area contributed by atoms with E-state index in [-0.39, 0.29) is 12.1 Å². The average molecular weight is 307 g/mol. The van der Waals surface area contributed by atoms with Crippen LogP contribution < -0.4 is 0 Å². The summed E-state index contributed by atoms with van der Waals surface area (Å²) < 4.78 is 41.3. The molecule has 3 nitrogen and oxygen atoms in total. The van der Waals surface area contributed by atoms with Crippen LogP contribution >= 0.6 is 0 Å². The molecule has 0 aliphatic heterocycles. The summed E-state index contributed by atoms with van der Waals surface area (Å²) in [5.74, 6) is 0. The minimum atomic E-state index is -4.46. The first-order valence-corrected chi connectivity index (χ1v) is 7.99. The highest BCUT2D eigenvalue weighted by Crippen LogP contribution is 2.31. The molecule has 0 heterocycles. The van der Waals surface area contributed by atoms with Gasteiger partial charge in [-0.2, -0.15) is 13.2 Å². The monoisotopic (exact) mass is 307 g/mol. The van der Waals surface area contributed by atoms with Gasteiger partial charge in [0.25, 0.3) is 0 Å². The first kappa shape index (κ1) is 16.4. The number of hydrogen-bond acceptors (Lipinski definition) is 2. The summed E-state index contributed by atoms with van der Waals surface area (Å²) in [6.45, 7) is -1.48. The quantitative estimate of drug-likeness (QED) is 0.759. The number of halogens is 3. The van der Waals surface area contributed by atoms with Crippen LogP contribution in [0.25, 0.3) is 0 Å². The van der Waals surface area contributed by atoms with Crippen molar-refractivity contribution in [1.29, 1.82) is 0 Å². The zero-order chi connectivity index (χ0) is 15.3. The Kier molecular flexibility index (Phi) is 5.76. The van der Waals surface area contributed by atoms with Crippen molar-refractivity contribution in [3.8, 4) is 0 Å². The fourth-order valence-corrected chi connectivity index (χ4v) is 3.53. The van der Waals surface area contributed by atoms with Gasteiger partial charge in [-0.25, -0.2) is 4.79 Å². The van der Waals surface area contributed by atoms with Crippen LogP contribution in [-0.4, -0.2) is 35.9 Å². The standard InChI is InChI=1S/C15H24F3NO2/c16-15(17,18)11-21-14(20)19(12-7-3-1-4-8-12)13-9-5-2-6-10-13/h12-13H,1-11H2. The Morgan fingerprint density at radius 2 is 1.33 bits per heavy atom. The van der Waals surface area contributed by atoms with Crippen LogP contribution in [0.1, 0.15) is 64.2 Å². The van der Waals surface area contributed by atoms with E-state index in [0.29, 0.717) is 0 Å². The van der Waals surface area contributed by atoms with E-state index in [1.165, 1.54) is 0 Å². The van der Waals surface area contributed by atoms with E-state index in [1.54, 1.807) is 4.90 Å². The van der Waals surface area contributed by atoms with Gasteiger partial charge in [0.2, 0.25) is 0 Å². The predicted octanol–water partition coefficient (Wildman–Crippen LogP) is 4.65. The highest BCUT2D eigenvalue weighted by Gasteiger charge is 2.36. The first-order valence-electron chi connectivity index (χ1n) is 7.99. The summed E-state index contributed by atoms with van der Waals surface area (Å²) in [7, 11) is 0. The zero-order valence-electron chi connectivity index (χ0n) is 12.3. The second-order valence-corrected chi connectivity index (χ2v) is 6.16. The third kappa shape index (κ3) is 5.08. The van der Waals surface area contributed by atoms with E-state index in [2.05, 4.69) is 4.74 Å². The van der Waals surface area contributed by atoms with Gasteiger partial charge >= 0.3 is 12.3 Å². The number of rotatable bonds is 3. The third-order valence-electron chi connectivity index (χ3n) is 4.51. The molecule has 0 bridgehead atoms. The highest BCUT2D eigenvalue weighted by atomic mass is 19.4. The topological polar surface area (TPSA) is 29.5 Å². The van der Waals surface area contributed by atoms with Gasteiger partial charge in [0.1, 0.15) is 0 Å². The second-order valence-electron chi connectivity index (χ2n) is 6.16. The fraction of sp³-hybridized carbons (Fsp3) is 0.933. The summed E-state index contributed by atoms with van der Waals surface area (Å²) in [5.41, 5.74) is 0. The molecule has 0 unspecified atom stereocenters. The van der Waals surface area contributed by atoms with E-state index in [4.69, 9.17) is 0 Å². The van der Waals surface area contributed by atoms with Crippen LogP contribution in [-0.2, 0) is 4.74 Å². The maximum absolute atomic E-state index is 12.3. The van der Waals surface area contributed by atoms with Gasteiger partial charge in [0.15, 0.2) is 6.61 Å². The van der Waals surface area contributed by atoms with Crippen LogP contribution in [0.5, 0.6) is 0 Å². The van der Waals surface area contributed by atoms with Crippen molar-refractivity contribution in [1.82, 2.24) is 4.90 Å². The SMILES string of the molecule is O=C(OCC(F)(F)F)N(C1CCCCC1)C1CCCCC1. The molecule has 2 fully saturated rings. The molecule has 2 aliphatic rings. The molecule has 2 aliphatic carbocycles. The van der Waals surface area contributed by atoms with Gasteiger partial charge in [-0.15, -0.1) is 0 Å². The maximum atomic E-state index is 12.3. The van der Waals surface area contributed by atoms with Crippen LogP contribution in [0.4, 0.5) is 18.0 Å². The number of ether oxygens (including phenoxy) is 1. The van der Waals surface area contributed by atoms with E-state index < -0.39 is 18.9 Å². The van der Waals surface area contributed by atoms with Crippen molar-refractivity contribution < 1.29 is 22.7 Å². The molecule has 0 saturated heterocycles. The molecular weight excluding hydrogens is 283 g/mol. The van der Waals surface area contributed by atoms with E-state index in [1.807, 2.05) is 0 Å². The molecule has 0 atom stereocenters. The summed E-state index contributed by atoms with van der Waals surface area (Å²) in [4.78, 5) is 13.8. The molecule has 2 saturated carbocycles. The van der Waals surface area contributed by atoms with Gasteiger partial charge in [0.05, 0.1) is 0 Å². The minimum Gasteiger partial charge on any atom is -0.440 e. The molecule has 1 amide bonds. The number of nitrogens with zero attached hydrogens (tertiary/aromatic N) is 1. The Morgan fingerprint density at radius 3 is 1.71 bits per heavy atom. The van der Waals surface area contributed by atoms with Crippen molar-refractivity contribution in [2.45, 2.75) is 82.5 Å². The lowest BCUT2D eigenvalue weighted by Gasteiger charge is -2.40. The summed E-state index contributed by atoms with van der Waals surface area (Å²) in [6, 6.07) is 0.116. The van der Waals surface area contributed by atoms with Crippen LogP contribution in [0.15, 0.2) is 0 Å². The molecule has 2 rings (SSSR count). The Balaban J connectivity index is 2.00. The lowest BCUT2D eigenvalue weighted by atomic mass is 9.89. The number of alkyl halides is 3. The molecule has 0 aromatic heterocycles. The molecular formula is C15H24F3NO2. The van der Waals surface area contributed by atoms with Crippen molar-refractivity contribution in [3.63, 3.8) is 0 Å². The molecule has 0 N–H and O–H groups in total. The predicted molar refractivity (Wildman–Crippen MR) is 73.0 cm³/mol. The van der Waals surface area contributed by atoms with E-state index >= 15 is 0 Å². The van der Waals surface area contributed by atoms with Crippen molar-refractivity contribution >= 4 is 6.09 Å². The van der Waals surface area contributed by atoms with Gasteiger partial charge < -0.3 is 9.64 Å². The normalized spacial score (nSPS) is 22.0. The number of amides is 1. The third-order valence-corrected chi connectivity index (χ3v) is 4.51. The second kappa shape index (κ2) is 7.36. The van der Waals surface area contributed by atoms with Gasteiger partial charge in [-0.3, -0.25) is 0 Å².